The van der Waals surface area contributed by atoms with E-state index in [-0.39, 0.29) is 5.91 Å². The van der Waals surface area contributed by atoms with Crippen molar-refractivity contribution in [1.82, 2.24) is 9.97 Å². The first-order valence-corrected chi connectivity index (χ1v) is 8.79. The summed E-state index contributed by atoms with van der Waals surface area (Å²) in [5, 5.41) is 2.91. The van der Waals surface area contributed by atoms with E-state index in [1.54, 1.807) is 6.20 Å². The molecule has 5 heteroatoms. The summed E-state index contributed by atoms with van der Waals surface area (Å²) in [4.78, 5) is 22.6. The molecule has 26 heavy (non-hydrogen) atoms. The van der Waals surface area contributed by atoms with Gasteiger partial charge in [0.2, 0.25) is 0 Å². The van der Waals surface area contributed by atoms with Crippen molar-refractivity contribution >= 4 is 17.3 Å². The minimum Gasteiger partial charge on any atom is -0.367 e. The molecular weight excluding hydrogens is 324 g/mol. The Kier molecular flexibility index (Phi) is 4.60. The summed E-state index contributed by atoms with van der Waals surface area (Å²) in [6.45, 7) is 1.95. The second-order valence-electron chi connectivity index (χ2n) is 6.40. The quantitative estimate of drug-likeness (QED) is 0.784. The van der Waals surface area contributed by atoms with E-state index in [2.05, 4.69) is 56.6 Å². The Balaban J connectivity index is 1.52. The van der Waals surface area contributed by atoms with Crippen molar-refractivity contribution < 1.29 is 4.79 Å². The van der Waals surface area contributed by atoms with Crippen molar-refractivity contribution in [2.75, 3.05) is 16.8 Å². The molecule has 0 atom stereocenters. The molecule has 1 aliphatic rings. The summed E-state index contributed by atoms with van der Waals surface area (Å²) in [5.74, 6) is -0.241. The summed E-state index contributed by atoms with van der Waals surface area (Å²) in [5.41, 5.74) is 4.93. The second-order valence-corrected chi connectivity index (χ2v) is 6.40. The van der Waals surface area contributed by atoms with Gasteiger partial charge in [0.05, 0.1) is 6.20 Å². The number of carbonyl (C=O) groups excluding carboxylic acids is 1. The summed E-state index contributed by atoms with van der Waals surface area (Å²) >= 11 is 0. The molecular formula is C21H20N4O. The fraction of sp³-hybridized carbons (Fsp3) is 0.190. The molecule has 0 unspecified atom stereocenters. The monoisotopic (exact) mass is 344 g/mol. The number of anilines is 2. The minimum atomic E-state index is -0.241. The van der Waals surface area contributed by atoms with E-state index in [0.29, 0.717) is 5.69 Å². The second kappa shape index (κ2) is 7.35. The van der Waals surface area contributed by atoms with Gasteiger partial charge in [-0.05, 0) is 42.2 Å². The van der Waals surface area contributed by atoms with E-state index in [1.165, 1.54) is 29.2 Å². The van der Waals surface area contributed by atoms with Gasteiger partial charge in [-0.1, -0.05) is 30.3 Å². The van der Waals surface area contributed by atoms with E-state index >= 15 is 0 Å². The van der Waals surface area contributed by atoms with E-state index in [1.807, 2.05) is 12.1 Å². The van der Waals surface area contributed by atoms with Crippen LogP contribution in [0, 0.1) is 0 Å². The zero-order chi connectivity index (χ0) is 17.8. The van der Waals surface area contributed by atoms with Gasteiger partial charge in [0.25, 0.3) is 5.91 Å². The molecule has 4 rings (SSSR count). The molecule has 0 saturated carbocycles. The van der Waals surface area contributed by atoms with E-state index in [0.717, 1.165) is 31.6 Å². The normalized spacial score (nSPS) is 13.2. The van der Waals surface area contributed by atoms with Crippen molar-refractivity contribution in [2.24, 2.45) is 0 Å². The highest BCUT2D eigenvalue weighted by Gasteiger charge is 2.18. The maximum atomic E-state index is 12.3. The van der Waals surface area contributed by atoms with Crippen molar-refractivity contribution in [3.63, 3.8) is 0 Å². The number of aromatic nitrogens is 2. The molecule has 130 valence electrons. The lowest BCUT2D eigenvalue weighted by atomic mass is 10.00. The van der Waals surface area contributed by atoms with Crippen LogP contribution in [0.1, 0.15) is 28.0 Å². The Morgan fingerprint density at radius 1 is 1.12 bits per heavy atom. The van der Waals surface area contributed by atoms with Gasteiger partial charge >= 0.3 is 0 Å². The third-order valence-electron chi connectivity index (χ3n) is 4.56. The van der Waals surface area contributed by atoms with Crippen LogP contribution in [0.2, 0.25) is 0 Å². The summed E-state index contributed by atoms with van der Waals surface area (Å²) in [7, 11) is 0. The standard InChI is InChI=1S/C21H20N4O/c26-21(19-14-22-10-11-23-19)24-18-8-9-20-17(13-18)7-4-12-25(20)15-16-5-2-1-3-6-16/h1-3,5-6,8-11,13-14H,4,7,12,15H2,(H,24,26). The first-order chi connectivity index (χ1) is 12.8. The van der Waals surface area contributed by atoms with Crippen LogP contribution in [0.5, 0.6) is 0 Å². The van der Waals surface area contributed by atoms with Crippen molar-refractivity contribution in [3.8, 4) is 0 Å². The number of aryl methyl sites for hydroxylation is 1. The highest BCUT2D eigenvalue weighted by Crippen LogP contribution is 2.31. The van der Waals surface area contributed by atoms with Crippen LogP contribution in [0.4, 0.5) is 11.4 Å². The van der Waals surface area contributed by atoms with Crippen molar-refractivity contribution in [3.05, 3.63) is 83.9 Å². The number of nitrogens with one attached hydrogen (secondary N) is 1. The number of benzene rings is 2. The Morgan fingerprint density at radius 3 is 2.81 bits per heavy atom. The van der Waals surface area contributed by atoms with Crippen LogP contribution in [0.25, 0.3) is 0 Å². The third kappa shape index (κ3) is 3.57. The first-order valence-electron chi connectivity index (χ1n) is 8.79. The van der Waals surface area contributed by atoms with Crippen molar-refractivity contribution in [2.45, 2.75) is 19.4 Å². The van der Waals surface area contributed by atoms with E-state index in [9.17, 15) is 4.79 Å². The lowest BCUT2D eigenvalue weighted by Gasteiger charge is -2.31. The number of nitrogens with zero attached hydrogens (tertiary/aromatic N) is 3. The average Bonchev–Trinajstić information content (AvgIpc) is 2.69. The highest BCUT2D eigenvalue weighted by atomic mass is 16.1. The van der Waals surface area contributed by atoms with Gasteiger partial charge in [-0.15, -0.1) is 0 Å². The largest absolute Gasteiger partial charge is 0.367 e. The lowest BCUT2D eigenvalue weighted by molar-refractivity contribution is 0.102. The molecule has 1 aromatic heterocycles. The van der Waals surface area contributed by atoms with Gasteiger partial charge < -0.3 is 10.2 Å². The predicted octanol–water partition coefficient (Wildman–Crippen LogP) is 3.68. The Hall–Kier alpha value is -3.21. The Labute approximate surface area is 152 Å². The minimum absolute atomic E-state index is 0.241. The number of hydrogen-bond acceptors (Lipinski definition) is 4. The predicted molar refractivity (Wildman–Crippen MR) is 102 cm³/mol. The Morgan fingerprint density at radius 2 is 2.00 bits per heavy atom. The van der Waals surface area contributed by atoms with Gasteiger partial charge in [0.15, 0.2) is 0 Å². The molecule has 0 fully saturated rings. The zero-order valence-corrected chi connectivity index (χ0v) is 14.4. The molecule has 0 bridgehead atoms. The maximum absolute atomic E-state index is 12.3. The highest BCUT2D eigenvalue weighted by molar-refractivity contribution is 6.02. The molecule has 1 aliphatic heterocycles. The topological polar surface area (TPSA) is 58.1 Å². The average molecular weight is 344 g/mol. The first kappa shape index (κ1) is 16.3. The van der Waals surface area contributed by atoms with Gasteiger partial charge in [-0.25, -0.2) is 4.98 Å². The van der Waals surface area contributed by atoms with Gasteiger partial charge in [0.1, 0.15) is 5.69 Å². The number of amides is 1. The molecule has 2 heterocycles. The van der Waals surface area contributed by atoms with Crippen LogP contribution >= 0.6 is 0 Å². The summed E-state index contributed by atoms with van der Waals surface area (Å²) in [6.07, 6.45) is 6.67. The van der Waals surface area contributed by atoms with Crippen LogP contribution in [-0.4, -0.2) is 22.4 Å². The van der Waals surface area contributed by atoms with E-state index < -0.39 is 0 Å². The number of carbonyl (C=O) groups is 1. The summed E-state index contributed by atoms with van der Waals surface area (Å²) in [6, 6.07) is 16.6. The fourth-order valence-electron chi connectivity index (χ4n) is 3.33. The zero-order valence-electron chi connectivity index (χ0n) is 14.4. The molecule has 0 radical (unpaired) electrons. The number of rotatable bonds is 4. The van der Waals surface area contributed by atoms with Crippen LogP contribution in [0.3, 0.4) is 0 Å². The number of hydrogen-bond donors (Lipinski definition) is 1. The molecule has 0 aliphatic carbocycles. The molecule has 3 aromatic rings. The third-order valence-corrected chi connectivity index (χ3v) is 4.56. The SMILES string of the molecule is O=C(Nc1ccc2c(c1)CCCN2Cc1ccccc1)c1cnccn1. The lowest BCUT2D eigenvalue weighted by Crippen LogP contribution is -2.28. The van der Waals surface area contributed by atoms with Gasteiger partial charge in [0, 0.05) is 36.9 Å². The van der Waals surface area contributed by atoms with Gasteiger partial charge in [-0.2, -0.15) is 0 Å². The smallest absolute Gasteiger partial charge is 0.275 e. The van der Waals surface area contributed by atoms with Crippen LogP contribution in [-0.2, 0) is 13.0 Å². The molecule has 0 saturated heterocycles. The molecule has 1 amide bonds. The van der Waals surface area contributed by atoms with Crippen LogP contribution < -0.4 is 10.2 Å². The molecule has 5 nitrogen and oxygen atoms in total. The summed E-state index contributed by atoms with van der Waals surface area (Å²) < 4.78 is 0. The van der Waals surface area contributed by atoms with Crippen molar-refractivity contribution in [1.29, 1.82) is 0 Å². The fourth-order valence-corrected chi connectivity index (χ4v) is 3.33. The molecule has 1 N–H and O–H groups in total. The Bertz CT molecular complexity index is 896. The maximum Gasteiger partial charge on any atom is 0.275 e. The van der Waals surface area contributed by atoms with Gasteiger partial charge in [-0.3, -0.25) is 9.78 Å². The molecule has 2 aromatic carbocycles. The molecule has 0 spiro atoms. The van der Waals surface area contributed by atoms with Crippen LogP contribution in [0.15, 0.2) is 67.1 Å². The number of fused-ring (bicyclic) bond motifs is 1. The van der Waals surface area contributed by atoms with E-state index in [4.69, 9.17) is 0 Å².